The molecule has 3 aromatic rings. The molecule has 1 aromatic heterocycles. The number of amides is 1. The van der Waals surface area contributed by atoms with Crippen molar-refractivity contribution >= 4 is 17.4 Å². The largest absolute Gasteiger partial charge is 0.355 e. The Morgan fingerprint density at radius 1 is 0.967 bits per heavy atom. The third kappa shape index (κ3) is 4.20. The first-order valence-electron chi connectivity index (χ1n) is 10.7. The lowest BCUT2D eigenvalue weighted by atomic mass is 9.95. The number of piperidine rings is 1. The molecule has 4 rings (SSSR count). The average molecular weight is 401 g/mol. The van der Waals surface area contributed by atoms with Crippen molar-refractivity contribution in [3.05, 3.63) is 72.3 Å². The molecule has 5 nitrogen and oxygen atoms in total. The molecule has 30 heavy (non-hydrogen) atoms. The number of aryl methyl sites for hydroxylation is 1. The summed E-state index contributed by atoms with van der Waals surface area (Å²) in [6.07, 6.45) is 1.67. The highest BCUT2D eigenvalue weighted by Gasteiger charge is 2.29. The third-order valence-electron chi connectivity index (χ3n) is 5.89. The summed E-state index contributed by atoms with van der Waals surface area (Å²) in [6, 6.07) is 22.2. The second-order valence-corrected chi connectivity index (χ2v) is 7.77. The monoisotopic (exact) mass is 400 g/mol. The summed E-state index contributed by atoms with van der Waals surface area (Å²) in [7, 11) is 0. The Labute approximate surface area is 178 Å². The van der Waals surface area contributed by atoms with Crippen molar-refractivity contribution in [1.82, 2.24) is 10.2 Å². The van der Waals surface area contributed by atoms with Crippen LogP contribution in [0.4, 0.5) is 11.5 Å². The van der Waals surface area contributed by atoms with Crippen LogP contribution in [-0.4, -0.2) is 35.7 Å². The highest BCUT2D eigenvalue weighted by molar-refractivity contribution is 5.95. The van der Waals surface area contributed by atoms with E-state index in [0.29, 0.717) is 6.54 Å². The summed E-state index contributed by atoms with van der Waals surface area (Å²) >= 11 is 0. The lowest BCUT2D eigenvalue weighted by Gasteiger charge is -2.34. The molecule has 2 aromatic carbocycles. The summed E-state index contributed by atoms with van der Waals surface area (Å²) in [5.74, 6) is 1.17. The quantitative estimate of drug-likeness (QED) is 0.622. The minimum Gasteiger partial charge on any atom is -0.355 e. The van der Waals surface area contributed by atoms with E-state index in [0.717, 1.165) is 48.7 Å². The number of anilines is 2. The lowest BCUT2D eigenvalue weighted by molar-refractivity contribution is -0.122. The van der Waals surface area contributed by atoms with E-state index >= 15 is 0 Å². The number of carbonyl (C=O) groups excluding carboxylic acids is 1. The summed E-state index contributed by atoms with van der Waals surface area (Å²) in [5, 5.41) is 8.92. The molecule has 0 N–H and O–H groups in total. The van der Waals surface area contributed by atoms with Crippen LogP contribution in [0.5, 0.6) is 0 Å². The van der Waals surface area contributed by atoms with E-state index in [1.807, 2.05) is 66.4 Å². The number of hydrogen-bond acceptors (Lipinski definition) is 4. The van der Waals surface area contributed by atoms with Crippen molar-refractivity contribution in [3.8, 4) is 11.3 Å². The molecule has 0 atom stereocenters. The smallest absolute Gasteiger partial charge is 0.230 e. The Hall–Kier alpha value is -3.21. The number of nitrogens with zero attached hydrogens (tertiary/aromatic N) is 4. The Kier molecular flexibility index (Phi) is 6.07. The van der Waals surface area contributed by atoms with Crippen molar-refractivity contribution in [2.24, 2.45) is 5.92 Å². The predicted molar refractivity (Wildman–Crippen MR) is 122 cm³/mol. The Balaban J connectivity index is 1.40. The van der Waals surface area contributed by atoms with Gasteiger partial charge in [0.1, 0.15) is 0 Å². The second kappa shape index (κ2) is 9.08. The fourth-order valence-electron chi connectivity index (χ4n) is 4.15. The van der Waals surface area contributed by atoms with Crippen LogP contribution >= 0.6 is 0 Å². The van der Waals surface area contributed by atoms with Gasteiger partial charge in [0.15, 0.2) is 5.82 Å². The molecule has 1 aliphatic rings. The van der Waals surface area contributed by atoms with Crippen LogP contribution in [0.25, 0.3) is 11.3 Å². The van der Waals surface area contributed by atoms with Crippen molar-refractivity contribution in [2.45, 2.75) is 26.7 Å². The number of aromatic nitrogens is 2. The summed E-state index contributed by atoms with van der Waals surface area (Å²) in [4.78, 5) is 17.2. The Morgan fingerprint density at radius 3 is 2.30 bits per heavy atom. The lowest BCUT2D eigenvalue weighted by Crippen LogP contribution is -2.43. The van der Waals surface area contributed by atoms with Crippen LogP contribution in [-0.2, 0) is 4.79 Å². The van der Waals surface area contributed by atoms with Crippen molar-refractivity contribution in [1.29, 1.82) is 0 Å². The van der Waals surface area contributed by atoms with E-state index in [2.05, 4.69) is 34.2 Å². The summed E-state index contributed by atoms with van der Waals surface area (Å²) in [5.41, 5.74) is 4.17. The van der Waals surface area contributed by atoms with Gasteiger partial charge in [-0.25, -0.2) is 0 Å². The average Bonchev–Trinajstić information content (AvgIpc) is 2.81. The minimum absolute atomic E-state index is 0.0561. The maximum absolute atomic E-state index is 13.1. The van der Waals surface area contributed by atoms with E-state index in [1.165, 1.54) is 5.56 Å². The fourth-order valence-corrected chi connectivity index (χ4v) is 4.15. The van der Waals surface area contributed by atoms with Gasteiger partial charge in [0.2, 0.25) is 5.91 Å². The van der Waals surface area contributed by atoms with Crippen LogP contribution in [0.1, 0.15) is 25.3 Å². The van der Waals surface area contributed by atoms with E-state index < -0.39 is 0 Å². The van der Waals surface area contributed by atoms with Crippen LogP contribution in [0.15, 0.2) is 66.7 Å². The number of para-hydroxylation sites is 1. The molecule has 0 unspecified atom stereocenters. The minimum atomic E-state index is 0.0561. The molecule has 0 radical (unpaired) electrons. The first-order valence-corrected chi connectivity index (χ1v) is 10.7. The Bertz CT molecular complexity index is 980. The van der Waals surface area contributed by atoms with Gasteiger partial charge in [-0.15, -0.1) is 10.2 Å². The Morgan fingerprint density at radius 2 is 1.67 bits per heavy atom. The number of rotatable bonds is 5. The molecule has 0 spiro atoms. The van der Waals surface area contributed by atoms with Crippen molar-refractivity contribution < 1.29 is 4.79 Å². The highest BCUT2D eigenvalue weighted by Crippen LogP contribution is 2.27. The number of benzene rings is 2. The molecule has 5 heteroatoms. The molecule has 1 saturated heterocycles. The van der Waals surface area contributed by atoms with E-state index in [9.17, 15) is 4.79 Å². The fraction of sp³-hybridized carbons (Fsp3) is 0.320. The highest BCUT2D eigenvalue weighted by atomic mass is 16.2. The number of hydrogen-bond donors (Lipinski definition) is 0. The van der Waals surface area contributed by atoms with E-state index in [-0.39, 0.29) is 11.8 Å². The SMILES string of the molecule is CCN(C(=O)C1CCN(c2ccc(-c3ccccc3C)nn2)CC1)c1ccccc1. The summed E-state index contributed by atoms with van der Waals surface area (Å²) in [6.45, 7) is 6.45. The van der Waals surface area contributed by atoms with Crippen molar-refractivity contribution in [2.75, 3.05) is 29.4 Å². The summed E-state index contributed by atoms with van der Waals surface area (Å²) < 4.78 is 0. The maximum Gasteiger partial charge on any atom is 0.230 e. The van der Waals surface area contributed by atoms with E-state index in [1.54, 1.807) is 0 Å². The van der Waals surface area contributed by atoms with E-state index in [4.69, 9.17) is 0 Å². The van der Waals surface area contributed by atoms with Gasteiger partial charge in [-0.05, 0) is 56.5 Å². The zero-order chi connectivity index (χ0) is 20.9. The molecule has 0 saturated carbocycles. The van der Waals surface area contributed by atoms with Crippen LogP contribution in [0, 0.1) is 12.8 Å². The predicted octanol–water partition coefficient (Wildman–Crippen LogP) is 4.72. The topological polar surface area (TPSA) is 49.3 Å². The molecule has 1 aliphatic heterocycles. The first kappa shape index (κ1) is 20.1. The molecule has 154 valence electrons. The van der Waals surface area contributed by atoms with Gasteiger partial charge >= 0.3 is 0 Å². The van der Waals surface area contributed by atoms with Crippen LogP contribution in [0.2, 0.25) is 0 Å². The number of carbonyl (C=O) groups is 1. The van der Waals surface area contributed by atoms with Gasteiger partial charge in [-0.1, -0.05) is 42.5 Å². The van der Waals surface area contributed by atoms with Crippen LogP contribution in [0.3, 0.4) is 0 Å². The van der Waals surface area contributed by atoms with Gasteiger partial charge in [0.05, 0.1) is 5.69 Å². The van der Waals surface area contributed by atoms with Crippen LogP contribution < -0.4 is 9.80 Å². The molecular weight excluding hydrogens is 372 g/mol. The van der Waals surface area contributed by atoms with Gasteiger partial charge in [-0.2, -0.15) is 0 Å². The zero-order valence-corrected chi connectivity index (χ0v) is 17.7. The zero-order valence-electron chi connectivity index (χ0n) is 17.7. The molecule has 0 aliphatic carbocycles. The molecule has 2 heterocycles. The van der Waals surface area contributed by atoms with Gasteiger partial charge < -0.3 is 9.80 Å². The standard InChI is InChI=1S/C25H28N4O/c1-3-29(21-10-5-4-6-11-21)25(30)20-15-17-28(18-16-20)24-14-13-23(26-27-24)22-12-8-7-9-19(22)2/h4-14,20H,3,15-18H2,1-2H3. The van der Waals surface area contributed by atoms with Gasteiger partial charge in [0.25, 0.3) is 0 Å². The third-order valence-corrected chi connectivity index (χ3v) is 5.89. The van der Waals surface area contributed by atoms with Gasteiger partial charge in [0, 0.05) is 36.8 Å². The normalized spacial score (nSPS) is 14.5. The van der Waals surface area contributed by atoms with Gasteiger partial charge in [-0.3, -0.25) is 4.79 Å². The molecule has 1 amide bonds. The molecule has 1 fully saturated rings. The second-order valence-electron chi connectivity index (χ2n) is 7.77. The molecular formula is C25H28N4O. The first-order chi connectivity index (χ1) is 14.7. The van der Waals surface area contributed by atoms with Crippen molar-refractivity contribution in [3.63, 3.8) is 0 Å². The molecule has 0 bridgehead atoms. The maximum atomic E-state index is 13.1.